The largest absolute Gasteiger partial charge is 0.508 e. The minimum absolute atomic E-state index is 0.160. The van der Waals surface area contributed by atoms with E-state index in [9.17, 15) is 24.0 Å². The van der Waals surface area contributed by atoms with E-state index in [2.05, 4.69) is 11.5 Å². The second kappa shape index (κ2) is 19.6. The zero-order valence-corrected chi connectivity index (χ0v) is 18.9. The summed E-state index contributed by atoms with van der Waals surface area (Å²) in [6.07, 6.45) is -1.02. The third-order valence-electron chi connectivity index (χ3n) is 3.43. The van der Waals surface area contributed by atoms with Crippen LogP contribution in [0.15, 0.2) is 24.3 Å². The summed E-state index contributed by atoms with van der Waals surface area (Å²) in [4.78, 5) is 49.4. The maximum Gasteiger partial charge on any atom is 0.323 e. The zero-order chi connectivity index (χ0) is 28.3. The van der Waals surface area contributed by atoms with Crippen LogP contribution in [0.4, 0.5) is 0 Å². The fraction of sp³-hybridized carbons (Fsp3) is 0.421. The number of phenolic OH excluding ortho intramolecular Hbond substituents is 1. The topological polar surface area (TPSA) is 337 Å². The molecule has 1 aromatic rings. The van der Waals surface area contributed by atoms with Gasteiger partial charge in [-0.3, -0.25) is 24.0 Å². The number of hydrogen-bond acceptors (Lipinski definition) is 11. The molecule has 0 heterocycles. The fourth-order valence-electron chi connectivity index (χ4n) is 1.48. The van der Waals surface area contributed by atoms with Crippen molar-refractivity contribution in [3.8, 4) is 5.75 Å². The minimum Gasteiger partial charge on any atom is -0.508 e. The van der Waals surface area contributed by atoms with Gasteiger partial charge in [0.1, 0.15) is 23.9 Å². The monoisotopic (exact) mass is 507 g/mol. The number of rotatable bonds is 9. The lowest BCUT2D eigenvalue weighted by Gasteiger charge is -2.06. The summed E-state index contributed by atoms with van der Waals surface area (Å²) in [6.45, 7) is 1.05. The summed E-state index contributed by atoms with van der Waals surface area (Å²) in [7, 11) is 0. The number of aliphatic hydroxyl groups is 1. The Morgan fingerprint density at radius 1 is 0.829 bits per heavy atom. The molecule has 0 radical (unpaired) electrons. The van der Waals surface area contributed by atoms with Gasteiger partial charge in [0.05, 0.1) is 19.1 Å². The first kappa shape index (κ1) is 35.8. The summed E-state index contributed by atoms with van der Waals surface area (Å²) in [5, 5.41) is 49.7. The van der Waals surface area contributed by atoms with Crippen LogP contribution in [0.5, 0.6) is 5.75 Å². The van der Waals surface area contributed by atoms with E-state index in [1.54, 1.807) is 12.1 Å². The summed E-state index contributed by atoms with van der Waals surface area (Å²) in [5.74, 6) is -4.93. The highest BCUT2D eigenvalue weighted by Crippen LogP contribution is 2.10. The molecule has 0 aromatic heterocycles. The quantitative estimate of drug-likeness (QED) is 0.154. The Labute approximate surface area is 199 Å². The number of carboxylic acid groups (broad SMARTS) is 4. The Kier molecular flexibility index (Phi) is 20.0. The number of nitrogens with two attached hydrogens (primary N) is 5. The molecule has 200 valence electrons. The second-order valence-electron chi connectivity index (χ2n) is 6.63. The van der Waals surface area contributed by atoms with Crippen LogP contribution in [-0.2, 0) is 30.4 Å². The molecule has 4 atom stereocenters. The lowest BCUT2D eigenvalue weighted by atomic mass is 10.1. The summed E-state index contributed by atoms with van der Waals surface area (Å²) < 4.78 is 0. The molecule has 35 heavy (non-hydrogen) atoms. The van der Waals surface area contributed by atoms with Crippen molar-refractivity contribution in [2.75, 3.05) is 6.54 Å². The van der Waals surface area contributed by atoms with Crippen LogP contribution in [0, 0.1) is 0 Å². The predicted octanol–water partition coefficient (Wildman–Crippen LogP) is -3.57. The van der Waals surface area contributed by atoms with Gasteiger partial charge in [0.15, 0.2) is 0 Å². The van der Waals surface area contributed by atoms with E-state index in [1.807, 2.05) is 0 Å². The number of carbonyl (C=O) groups is 5. The van der Waals surface area contributed by atoms with Gasteiger partial charge in [-0.15, -0.1) is 0 Å². The maximum absolute atomic E-state index is 10.4. The van der Waals surface area contributed by atoms with E-state index in [0.717, 1.165) is 5.56 Å². The number of carbonyl (C=O) groups excluding carboxylic acids is 1. The molecule has 4 unspecified atom stereocenters. The Balaban J connectivity index is -0.000000413. The normalized spacial score (nSPS) is 12.9. The molecule has 16 nitrogen and oxygen atoms in total. The van der Waals surface area contributed by atoms with Gasteiger partial charge in [-0.25, -0.2) is 0 Å². The van der Waals surface area contributed by atoms with Gasteiger partial charge in [0.25, 0.3) is 0 Å². The number of primary amides is 1. The first-order chi connectivity index (χ1) is 16.0. The van der Waals surface area contributed by atoms with E-state index in [-0.39, 0.29) is 25.1 Å². The van der Waals surface area contributed by atoms with E-state index in [4.69, 9.17) is 47.8 Å². The molecule has 0 aliphatic heterocycles. The maximum atomic E-state index is 10.4. The molecule has 16 N–H and O–H groups in total. The Hall–Kier alpha value is -3.83. The number of amides is 1. The van der Waals surface area contributed by atoms with E-state index in [1.165, 1.54) is 19.1 Å². The SMILES string of the molecule is CC(O)C(N)C(=O)O.NC(=O)CC(N)C(=O)O.NC(Cc1ccc(O)cc1)C(=O)O.NCC(=O)O. The van der Waals surface area contributed by atoms with Crippen LogP contribution in [0.25, 0.3) is 0 Å². The van der Waals surface area contributed by atoms with Gasteiger partial charge in [-0.1, -0.05) is 12.1 Å². The number of aromatic hydroxyl groups is 1. The van der Waals surface area contributed by atoms with Crippen LogP contribution < -0.4 is 28.7 Å². The molecule has 16 heteroatoms. The van der Waals surface area contributed by atoms with Crippen LogP contribution in [0.3, 0.4) is 0 Å². The standard InChI is InChI=1S/C9H11NO3.C4H8N2O3.C4H9NO3.C2H5NO2/c10-8(9(12)13)5-6-1-3-7(11)4-2-6;5-2(4(8)9)1-3(6)7;1-2(6)3(5)4(7)8;3-1-2(4)5/h1-4,8,11H,5,10H2,(H,12,13);2H,1,5H2,(H2,6,7)(H,8,9);2-3,6H,5H2,1H3,(H,7,8);1,3H2,(H,4,5). The van der Waals surface area contributed by atoms with Crippen LogP contribution >= 0.6 is 0 Å². The molecule has 0 fully saturated rings. The van der Waals surface area contributed by atoms with Gasteiger partial charge in [0.2, 0.25) is 5.91 Å². The van der Waals surface area contributed by atoms with Crippen LogP contribution in [0.2, 0.25) is 0 Å². The van der Waals surface area contributed by atoms with Gasteiger partial charge >= 0.3 is 23.9 Å². The van der Waals surface area contributed by atoms with Gasteiger partial charge in [0, 0.05) is 0 Å². The van der Waals surface area contributed by atoms with E-state index in [0.29, 0.717) is 0 Å². The number of hydrogen-bond donors (Lipinski definition) is 11. The highest BCUT2D eigenvalue weighted by atomic mass is 16.4. The van der Waals surface area contributed by atoms with Crippen molar-refractivity contribution in [3.63, 3.8) is 0 Å². The van der Waals surface area contributed by atoms with Crippen molar-refractivity contribution in [2.45, 2.75) is 44.0 Å². The average Bonchev–Trinajstić information content (AvgIpc) is 2.75. The lowest BCUT2D eigenvalue weighted by molar-refractivity contribution is -0.141. The molecule has 1 amide bonds. The first-order valence-corrected chi connectivity index (χ1v) is 9.57. The Bertz CT molecular complexity index is 803. The molecular weight excluding hydrogens is 474 g/mol. The fourth-order valence-corrected chi connectivity index (χ4v) is 1.48. The Morgan fingerprint density at radius 3 is 1.43 bits per heavy atom. The highest BCUT2D eigenvalue weighted by Gasteiger charge is 2.16. The molecule has 0 aliphatic carbocycles. The van der Waals surface area contributed by atoms with Crippen molar-refractivity contribution in [1.82, 2.24) is 0 Å². The third-order valence-corrected chi connectivity index (χ3v) is 3.43. The van der Waals surface area contributed by atoms with Crippen LogP contribution in [0.1, 0.15) is 18.9 Å². The second-order valence-corrected chi connectivity index (χ2v) is 6.63. The molecule has 1 rings (SSSR count). The number of aliphatic carboxylic acids is 4. The molecule has 0 saturated heterocycles. The summed E-state index contributed by atoms with van der Waals surface area (Å²) >= 11 is 0. The number of phenols is 1. The minimum atomic E-state index is -1.21. The predicted molar refractivity (Wildman–Crippen MR) is 121 cm³/mol. The van der Waals surface area contributed by atoms with Crippen molar-refractivity contribution >= 4 is 29.8 Å². The molecule has 0 spiro atoms. The average molecular weight is 507 g/mol. The van der Waals surface area contributed by atoms with Crippen molar-refractivity contribution < 1.29 is 54.6 Å². The highest BCUT2D eigenvalue weighted by molar-refractivity contribution is 5.83. The van der Waals surface area contributed by atoms with Crippen LogP contribution in [-0.4, -0.2) is 91.2 Å². The van der Waals surface area contributed by atoms with Crippen molar-refractivity contribution in [2.24, 2.45) is 28.7 Å². The molecule has 0 aliphatic rings. The summed E-state index contributed by atoms with van der Waals surface area (Å²) in [5.41, 5.74) is 25.2. The number of carboxylic acids is 4. The lowest BCUT2D eigenvalue weighted by Crippen LogP contribution is -2.39. The van der Waals surface area contributed by atoms with Gasteiger partial charge in [-0.2, -0.15) is 0 Å². The van der Waals surface area contributed by atoms with E-state index < -0.39 is 54.0 Å². The summed E-state index contributed by atoms with van der Waals surface area (Å²) in [6, 6.07) is 3.10. The molecule has 0 saturated carbocycles. The number of benzene rings is 1. The van der Waals surface area contributed by atoms with Gasteiger partial charge in [-0.05, 0) is 31.0 Å². The molecule has 0 bridgehead atoms. The number of aliphatic hydroxyl groups excluding tert-OH is 1. The zero-order valence-electron chi connectivity index (χ0n) is 18.9. The third kappa shape index (κ3) is 23.1. The van der Waals surface area contributed by atoms with Crippen molar-refractivity contribution in [1.29, 1.82) is 0 Å². The first-order valence-electron chi connectivity index (χ1n) is 9.57. The molecular formula is C19H33N5O11. The molecule has 1 aromatic carbocycles. The smallest absolute Gasteiger partial charge is 0.323 e. The van der Waals surface area contributed by atoms with E-state index >= 15 is 0 Å². The Morgan fingerprint density at radius 2 is 1.23 bits per heavy atom. The van der Waals surface area contributed by atoms with Gasteiger partial charge < -0.3 is 59.3 Å². The van der Waals surface area contributed by atoms with Crippen molar-refractivity contribution in [3.05, 3.63) is 29.8 Å².